The number of hydrogen-bond acceptors (Lipinski definition) is 2. The summed E-state index contributed by atoms with van der Waals surface area (Å²) in [4.78, 5) is 30.8. The number of aryl methyl sites for hydroxylation is 3. The van der Waals surface area contributed by atoms with Crippen molar-refractivity contribution >= 4 is 5.91 Å². The van der Waals surface area contributed by atoms with E-state index >= 15 is 0 Å². The second kappa shape index (κ2) is 6.78. The summed E-state index contributed by atoms with van der Waals surface area (Å²) in [6.07, 6.45) is 6.12. The van der Waals surface area contributed by atoms with Crippen molar-refractivity contribution in [2.75, 3.05) is 6.54 Å². The van der Waals surface area contributed by atoms with Gasteiger partial charge in [0.15, 0.2) is 0 Å². The molecule has 1 amide bonds. The molecule has 1 N–H and O–H groups in total. The highest BCUT2D eigenvalue weighted by Gasteiger charge is 2.32. The number of hydrogen-bond donors (Lipinski definition) is 1. The third-order valence-electron chi connectivity index (χ3n) is 5.98. The lowest BCUT2D eigenvalue weighted by atomic mass is 10.0. The first kappa shape index (κ1) is 17.1. The molecule has 2 aromatic heterocycles. The minimum absolute atomic E-state index is 0.0307. The Morgan fingerprint density at radius 3 is 2.81 bits per heavy atom. The summed E-state index contributed by atoms with van der Waals surface area (Å²) in [7, 11) is 0. The lowest BCUT2D eigenvalue weighted by Gasteiger charge is -2.37. The summed E-state index contributed by atoms with van der Waals surface area (Å²) < 4.78 is 2.29. The molecule has 0 radical (unpaired) electrons. The second-order valence-corrected chi connectivity index (χ2v) is 7.55. The number of amides is 1. The number of fused-ring (bicyclic) bond motifs is 2. The Kier molecular flexibility index (Phi) is 4.47. The normalized spacial score (nSPS) is 19.6. The Morgan fingerprint density at radius 2 is 2.00 bits per heavy atom. The third-order valence-corrected chi connectivity index (χ3v) is 5.98. The van der Waals surface area contributed by atoms with E-state index in [0.717, 1.165) is 49.9 Å². The van der Waals surface area contributed by atoms with Gasteiger partial charge in [0.2, 0.25) is 0 Å². The lowest BCUT2D eigenvalue weighted by Crippen LogP contribution is -2.43. The number of carbonyl (C=O) groups is 1. The number of pyridine rings is 1. The average Bonchev–Trinajstić information content (AvgIpc) is 2.87. The van der Waals surface area contributed by atoms with E-state index in [0.29, 0.717) is 12.1 Å². The molecule has 0 spiro atoms. The molecular weight excluding hydrogens is 326 g/mol. The van der Waals surface area contributed by atoms with E-state index in [2.05, 4.69) is 35.5 Å². The minimum Gasteiger partial charge on any atom is -0.345 e. The SMILES string of the molecule is CCC1c2ccc(C)n2CCN1C(=O)c1cc2c([nH]c1=O)CCCCC2. The van der Waals surface area contributed by atoms with E-state index in [-0.39, 0.29) is 17.5 Å². The Balaban J connectivity index is 1.69. The Hall–Kier alpha value is -2.30. The fraction of sp³-hybridized carbons (Fsp3) is 0.524. The highest BCUT2D eigenvalue weighted by atomic mass is 16.2. The number of rotatable bonds is 2. The van der Waals surface area contributed by atoms with Crippen LogP contribution in [0.4, 0.5) is 0 Å². The number of H-pyrrole nitrogens is 1. The van der Waals surface area contributed by atoms with E-state index in [1.54, 1.807) is 0 Å². The first-order valence-electron chi connectivity index (χ1n) is 9.82. The van der Waals surface area contributed by atoms with Crippen LogP contribution in [0.3, 0.4) is 0 Å². The van der Waals surface area contributed by atoms with E-state index in [1.165, 1.54) is 17.8 Å². The molecule has 26 heavy (non-hydrogen) atoms. The van der Waals surface area contributed by atoms with Crippen molar-refractivity contribution in [2.45, 2.75) is 65.0 Å². The highest BCUT2D eigenvalue weighted by molar-refractivity contribution is 5.94. The van der Waals surface area contributed by atoms with Gasteiger partial charge >= 0.3 is 0 Å². The van der Waals surface area contributed by atoms with Crippen LogP contribution in [0.15, 0.2) is 23.0 Å². The summed E-state index contributed by atoms with van der Waals surface area (Å²) in [6.45, 7) is 5.64. The molecule has 2 aromatic rings. The van der Waals surface area contributed by atoms with Gasteiger partial charge in [-0.15, -0.1) is 0 Å². The van der Waals surface area contributed by atoms with Gasteiger partial charge in [0.05, 0.1) is 6.04 Å². The lowest BCUT2D eigenvalue weighted by molar-refractivity contribution is 0.0614. The van der Waals surface area contributed by atoms with Gasteiger partial charge < -0.3 is 14.5 Å². The van der Waals surface area contributed by atoms with Crippen LogP contribution in [0.25, 0.3) is 0 Å². The maximum atomic E-state index is 13.3. The molecule has 1 aliphatic carbocycles. The molecule has 0 fully saturated rings. The van der Waals surface area contributed by atoms with Crippen LogP contribution >= 0.6 is 0 Å². The Morgan fingerprint density at radius 1 is 1.19 bits per heavy atom. The summed E-state index contributed by atoms with van der Waals surface area (Å²) in [5.41, 5.74) is 4.65. The molecule has 1 aliphatic heterocycles. The van der Waals surface area contributed by atoms with Gasteiger partial charge in [-0.3, -0.25) is 9.59 Å². The predicted octanol–water partition coefficient (Wildman–Crippen LogP) is 3.36. The zero-order valence-corrected chi connectivity index (χ0v) is 15.7. The van der Waals surface area contributed by atoms with Crippen molar-refractivity contribution in [1.29, 1.82) is 0 Å². The van der Waals surface area contributed by atoms with Gasteiger partial charge in [-0.1, -0.05) is 13.3 Å². The molecule has 1 atom stereocenters. The van der Waals surface area contributed by atoms with Gasteiger partial charge in [-0.25, -0.2) is 0 Å². The first-order valence-corrected chi connectivity index (χ1v) is 9.82. The maximum absolute atomic E-state index is 13.3. The molecule has 3 heterocycles. The molecule has 138 valence electrons. The largest absolute Gasteiger partial charge is 0.345 e. The van der Waals surface area contributed by atoms with E-state index in [1.807, 2.05) is 11.0 Å². The quantitative estimate of drug-likeness (QED) is 0.842. The van der Waals surface area contributed by atoms with Crippen molar-refractivity contribution in [3.05, 3.63) is 56.8 Å². The van der Waals surface area contributed by atoms with Crippen LogP contribution in [0.1, 0.15) is 71.7 Å². The van der Waals surface area contributed by atoms with Gasteiger partial charge in [0.1, 0.15) is 5.56 Å². The molecular formula is C21H27N3O2. The van der Waals surface area contributed by atoms with Gasteiger partial charge in [0.25, 0.3) is 11.5 Å². The van der Waals surface area contributed by atoms with Crippen LogP contribution in [0.2, 0.25) is 0 Å². The van der Waals surface area contributed by atoms with Crippen LogP contribution in [0, 0.1) is 6.92 Å². The van der Waals surface area contributed by atoms with E-state index in [9.17, 15) is 9.59 Å². The maximum Gasteiger partial charge on any atom is 0.261 e. The van der Waals surface area contributed by atoms with E-state index in [4.69, 9.17) is 0 Å². The summed E-state index contributed by atoms with van der Waals surface area (Å²) >= 11 is 0. The van der Waals surface area contributed by atoms with Crippen molar-refractivity contribution < 1.29 is 4.79 Å². The fourth-order valence-electron chi connectivity index (χ4n) is 4.55. The summed E-state index contributed by atoms with van der Waals surface area (Å²) in [5.74, 6) is -0.129. The standard InChI is InChI=1S/C21H27N3O2/c1-3-18-19-10-9-14(2)23(19)11-12-24(18)21(26)16-13-15-7-5-4-6-8-17(15)22-20(16)25/h9-10,13,18H,3-8,11-12H2,1-2H3,(H,22,25). The van der Waals surface area contributed by atoms with Gasteiger partial charge in [-0.05, 0) is 62.8 Å². The predicted molar refractivity (Wildman–Crippen MR) is 102 cm³/mol. The number of nitrogens with zero attached hydrogens (tertiary/aromatic N) is 2. The van der Waals surface area contributed by atoms with E-state index < -0.39 is 0 Å². The molecule has 0 saturated heterocycles. The number of carbonyl (C=O) groups excluding carboxylic acids is 1. The number of aromatic nitrogens is 2. The molecule has 0 saturated carbocycles. The smallest absolute Gasteiger partial charge is 0.261 e. The van der Waals surface area contributed by atoms with Gasteiger partial charge in [-0.2, -0.15) is 0 Å². The number of nitrogens with one attached hydrogen (secondary N) is 1. The van der Waals surface area contributed by atoms with Crippen LogP contribution in [0.5, 0.6) is 0 Å². The first-order chi connectivity index (χ1) is 12.6. The molecule has 0 aromatic carbocycles. The Bertz CT molecular complexity index is 893. The highest BCUT2D eigenvalue weighted by Crippen LogP contribution is 2.31. The number of aromatic amines is 1. The van der Waals surface area contributed by atoms with Crippen LogP contribution in [-0.2, 0) is 19.4 Å². The summed E-state index contributed by atoms with van der Waals surface area (Å²) in [5, 5.41) is 0. The fourth-order valence-corrected chi connectivity index (χ4v) is 4.55. The van der Waals surface area contributed by atoms with Crippen molar-refractivity contribution in [3.63, 3.8) is 0 Å². The monoisotopic (exact) mass is 353 g/mol. The van der Waals surface area contributed by atoms with Crippen molar-refractivity contribution in [3.8, 4) is 0 Å². The molecule has 1 unspecified atom stereocenters. The van der Waals surface area contributed by atoms with Gasteiger partial charge in [0, 0.05) is 30.2 Å². The zero-order chi connectivity index (χ0) is 18.3. The molecule has 4 rings (SSSR count). The third kappa shape index (κ3) is 2.79. The molecule has 2 aliphatic rings. The molecule has 5 nitrogen and oxygen atoms in total. The Labute approximate surface area is 154 Å². The van der Waals surface area contributed by atoms with Crippen LogP contribution in [-0.4, -0.2) is 26.9 Å². The molecule has 5 heteroatoms. The van der Waals surface area contributed by atoms with Crippen LogP contribution < -0.4 is 5.56 Å². The zero-order valence-electron chi connectivity index (χ0n) is 15.7. The van der Waals surface area contributed by atoms with Crippen molar-refractivity contribution in [1.82, 2.24) is 14.5 Å². The minimum atomic E-state index is -0.234. The average molecular weight is 353 g/mol. The topological polar surface area (TPSA) is 58.1 Å². The molecule has 0 bridgehead atoms. The summed E-state index contributed by atoms with van der Waals surface area (Å²) in [6, 6.07) is 6.13. The second-order valence-electron chi connectivity index (χ2n) is 7.55. The van der Waals surface area contributed by atoms with Crippen molar-refractivity contribution in [2.24, 2.45) is 0 Å².